The largest absolute Gasteiger partial charge is 0.478 e. The number of carbonyl (C=O) groups excluding carboxylic acids is 1. The van der Waals surface area contributed by atoms with E-state index < -0.39 is 5.97 Å². The summed E-state index contributed by atoms with van der Waals surface area (Å²) in [6.07, 6.45) is 1.32. The minimum absolute atomic E-state index is 0.125. The number of amides is 1. The van der Waals surface area contributed by atoms with Gasteiger partial charge in [-0.05, 0) is 18.2 Å². The third-order valence-corrected chi connectivity index (χ3v) is 3.75. The van der Waals surface area contributed by atoms with Crippen LogP contribution in [0.4, 0.5) is 0 Å². The number of hydrogen-bond acceptors (Lipinski definition) is 3. The number of hydrogen-bond donors (Lipinski definition) is 2. The van der Waals surface area contributed by atoms with Crippen LogP contribution in [0.15, 0.2) is 59.7 Å². The molecule has 2 N–H and O–H groups in total. The third kappa shape index (κ3) is 2.89. The maximum atomic E-state index is 12.3. The van der Waals surface area contributed by atoms with Gasteiger partial charge >= 0.3 is 5.97 Å². The fraction of sp³-hybridized carbons (Fsp3) is 0.0556. The molecule has 0 aliphatic heterocycles. The molecule has 2 aromatic carbocycles. The van der Waals surface area contributed by atoms with Crippen molar-refractivity contribution >= 4 is 29.0 Å². The zero-order valence-corrected chi connectivity index (χ0v) is 12.9. The number of carboxylic acid groups (broad SMARTS) is 1. The lowest BCUT2D eigenvalue weighted by Crippen LogP contribution is -2.20. The number of benzene rings is 2. The van der Waals surface area contributed by atoms with Crippen molar-refractivity contribution in [2.24, 2.45) is 12.1 Å². The van der Waals surface area contributed by atoms with E-state index >= 15 is 0 Å². The average Bonchev–Trinajstić information content (AvgIpc) is 2.92. The Hall–Kier alpha value is -3.41. The number of para-hydroxylation sites is 1. The summed E-state index contributed by atoms with van der Waals surface area (Å²) in [5, 5.41) is 14.0. The van der Waals surface area contributed by atoms with Gasteiger partial charge < -0.3 is 9.67 Å². The fourth-order valence-electron chi connectivity index (χ4n) is 2.53. The van der Waals surface area contributed by atoms with E-state index in [1.807, 2.05) is 24.3 Å². The number of carboxylic acids is 1. The van der Waals surface area contributed by atoms with Crippen LogP contribution in [0.2, 0.25) is 0 Å². The van der Waals surface area contributed by atoms with E-state index in [-0.39, 0.29) is 11.5 Å². The Labute approximate surface area is 138 Å². The normalized spacial score (nSPS) is 11.0. The van der Waals surface area contributed by atoms with Crippen LogP contribution in [-0.2, 0) is 7.05 Å². The van der Waals surface area contributed by atoms with Crippen LogP contribution < -0.4 is 5.43 Å². The number of carbonyl (C=O) groups is 2. The second-order valence-corrected chi connectivity index (χ2v) is 5.24. The van der Waals surface area contributed by atoms with E-state index in [9.17, 15) is 9.59 Å². The molecule has 120 valence electrons. The van der Waals surface area contributed by atoms with Crippen molar-refractivity contribution in [3.8, 4) is 0 Å². The van der Waals surface area contributed by atoms with Crippen LogP contribution >= 0.6 is 0 Å². The molecule has 0 unspecified atom stereocenters. The zero-order chi connectivity index (χ0) is 17.1. The molecule has 6 heteroatoms. The smallest absolute Gasteiger partial charge is 0.336 e. The third-order valence-electron chi connectivity index (χ3n) is 3.75. The number of nitrogens with one attached hydrogen (secondary N) is 1. The highest BCUT2D eigenvalue weighted by molar-refractivity contribution is 6.00. The predicted molar refractivity (Wildman–Crippen MR) is 91.4 cm³/mol. The summed E-state index contributed by atoms with van der Waals surface area (Å²) >= 11 is 0. The monoisotopic (exact) mass is 321 g/mol. The van der Waals surface area contributed by atoms with Gasteiger partial charge in [-0.2, -0.15) is 5.10 Å². The first kappa shape index (κ1) is 15.5. The number of fused-ring (bicyclic) bond motifs is 1. The van der Waals surface area contributed by atoms with Crippen molar-refractivity contribution in [2.45, 2.75) is 0 Å². The summed E-state index contributed by atoms with van der Waals surface area (Å²) in [6.45, 7) is 0. The molecule has 0 bridgehead atoms. The second kappa shape index (κ2) is 6.37. The fourth-order valence-corrected chi connectivity index (χ4v) is 2.53. The van der Waals surface area contributed by atoms with E-state index in [4.69, 9.17) is 5.11 Å². The molecule has 0 radical (unpaired) electrons. The van der Waals surface area contributed by atoms with Crippen molar-refractivity contribution in [1.29, 1.82) is 0 Å². The van der Waals surface area contributed by atoms with Gasteiger partial charge in [0.05, 0.1) is 11.8 Å². The van der Waals surface area contributed by atoms with Gasteiger partial charge in [-0.1, -0.05) is 36.4 Å². The summed E-state index contributed by atoms with van der Waals surface area (Å²) < 4.78 is 1.78. The Kier molecular flexibility index (Phi) is 4.11. The Morgan fingerprint density at radius 1 is 1.12 bits per heavy atom. The average molecular weight is 321 g/mol. The standard InChI is InChI=1S/C18H15N3O3/c1-21-15-9-5-3-6-12(15)10-16(21)17(22)20-19-11-13-7-2-4-8-14(13)18(23)24/h2-11H,1H3,(H,20,22)(H,23,24)/b19-11+. The van der Waals surface area contributed by atoms with Gasteiger partial charge in [-0.15, -0.1) is 0 Å². The van der Waals surface area contributed by atoms with Crippen LogP contribution in [0.5, 0.6) is 0 Å². The van der Waals surface area contributed by atoms with Crippen LogP contribution in [0.25, 0.3) is 10.9 Å². The highest BCUT2D eigenvalue weighted by Gasteiger charge is 2.12. The van der Waals surface area contributed by atoms with Gasteiger partial charge in [0.25, 0.3) is 5.91 Å². The van der Waals surface area contributed by atoms with E-state index in [1.165, 1.54) is 12.3 Å². The summed E-state index contributed by atoms with van der Waals surface area (Å²) in [5.41, 5.74) is 4.40. The molecule has 0 fully saturated rings. The molecule has 0 aliphatic carbocycles. The Morgan fingerprint density at radius 2 is 1.83 bits per heavy atom. The van der Waals surface area contributed by atoms with E-state index in [0.717, 1.165) is 10.9 Å². The molecule has 1 amide bonds. The highest BCUT2D eigenvalue weighted by atomic mass is 16.4. The van der Waals surface area contributed by atoms with Crippen molar-refractivity contribution in [3.05, 3.63) is 71.4 Å². The lowest BCUT2D eigenvalue weighted by Gasteiger charge is -2.03. The molecular weight excluding hydrogens is 306 g/mol. The molecular formula is C18H15N3O3. The predicted octanol–water partition coefficient (Wildman–Crippen LogP) is 2.64. The van der Waals surface area contributed by atoms with Crippen LogP contribution in [0.1, 0.15) is 26.4 Å². The quantitative estimate of drug-likeness (QED) is 0.572. The van der Waals surface area contributed by atoms with E-state index in [2.05, 4.69) is 10.5 Å². The summed E-state index contributed by atoms with van der Waals surface area (Å²) in [5.74, 6) is -1.41. The minimum Gasteiger partial charge on any atom is -0.478 e. The van der Waals surface area contributed by atoms with Crippen molar-refractivity contribution in [2.75, 3.05) is 0 Å². The summed E-state index contributed by atoms with van der Waals surface area (Å²) in [4.78, 5) is 23.4. The Bertz CT molecular complexity index is 957. The van der Waals surface area contributed by atoms with Gasteiger partial charge in [-0.25, -0.2) is 10.2 Å². The molecule has 24 heavy (non-hydrogen) atoms. The first-order valence-corrected chi connectivity index (χ1v) is 7.28. The molecule has 3 aromatic rings. The van der Waals surface area contributed by atoms with Crippen LogP contribution in [-0.4, -0.2) is 27.8 Å². The first-order chi connectivity index (χ1) is 11.6. The number of rotatable bonds is 4. The minimum atomic E-state index is -1.04. The molecule has 0 saturated heterocycles. The zero-order valence-electron chi connectivity index (χ0n) is 12.9. The Balaban J connectivity index is 1.80. The van der Waals surface area contributed by atoms with Gasteiger partial charge in [0, 0.05) is 23.5 Å². The second-order valence-electron chi connectivity index (χ2n) is 5.24. The van der Waals surface area contributed by atoms with Crippen LogP contribution in [0, 0.1) is 0 Å². The number of aromatic carboxylic acids is 1. The molecule has 0 aliphatic rings. The summed E-state index contributed by atoms with van der Waals surface area (Å²) in [7, 11) is 1.81. The topological polar surface area (TPSA) is 83.7 Å². The SMILES string of the molecule is Cn1c(C(=O)N/N=C/c2ccccc2C(=O)O)cc2ccccc21. The lowest BCUT2D eigenvalue weighted by atomic mass is 10.1. The van der Waals surface area contributed by atoms with E-state index in [1.54, 1.807) is 35.9 Å². The van der Waals surface area contributed by atoms with Gasteiger partial charge in [-0.3, -0.25) is 4.79 Å². The number of aromatic nitrogens is 1. The molecule has 6 nitrogen and oxygen atoms in total. The van der Waals surface area contributed by atoms with E-state index in [0.29, 0.717) is 11.3 Å². The summed E-state index contributed by atoms with van der Waals surface area (Å²) in [6, 6.07) is 15.9. The molecule has 1 heterocycles. The molecule has 0 atom stereocenters. The first-order valence-electron chi connectivity index (χ1n) is 7.28. The van der Waals surface area contributed by atoms with Gasteiger partial charge in [0.15, 0.2) is 0 Å². The number of hydrazone groups is 1. The number of aryl methyl sites for hydroxylation is 1. The Morgan fingerprint density at radius 3 is 2.58 bits per heavy atom. The molecule has 1 aromatic heterocycles. The van der Waals surface area contributed by atoms with Gasteiger partial charge in [0.2, 0.25) is 0 Å². The maximum Gasteiger partial charge on any atom is 0.336 e. The molecule has 0 saturated carbocycles. The molecule has 3 rings (SSSR count). The van der Waals surface area contributed by atoms with Crippen molar-refractivity contribution in [3.63, 3.8) is 0 Å². The maximum absolute atomic E-state index is 12.3. The van der Waals surface area contributed by atoms with Crippen LogP contribution in [0.3, 0.4) is 0 Å². The molecule has 0 spiro atoms. The van der Waals surface area contributed by atoms with Crippen molar-refractivity contribution in [1.82, 2.24) is 9.99 Å². The van der Waals surface area contributed by atoms with Gasteiger partial charge in [0.1, 0.15) is 5.69 Å². The highest BCUT2D eigenvalue weighted by Crippen LogP contribution is 2.18. The number of nitrogens with zero attached hydrogens (tertiary/aromatic N) is 2. The van der Waals surface area contributed by atoms with Crippen molar-refractivity contribution < 1.29 is 14.7 Å². The lowest BCUT2D eigenvalue weighted by molar-refractivity contribution is 0.0696.